The van der Waals surface area contributed by atoms with Crippen LogP contribution in [0.4, 0.5) is 0 Å². The molecule has 0 spiro atoms. The predicted molar refractivity (Wildman–Crippen MR) is 87.0 cm³/mol. The first-order valence-electron chi connectivity index (χ1n) is 8.40. The van der Waals surface area contributed by atoms with E-state index in [0.29, 0.717) is 18.9 Å². The second kappa shape index (κ2) is 7.40. The fraction of sp³-hybridized carbons (Fsp3) is 0.500. The number of piperidine rings is 1. The lowest BCUT2D eigenvalue weighted by atomic mass is 9.97. The van der Waals surface area contributed by atoms with Crippen LogP contribution in [0, 0.1) is 0 Å². The fourth-order valence-electron chi connectivity index (χ4n) is 3.03. The van der Waals surface area contributed by atoms with Gasteiger partial charge >= 0.3 is 0 Å². The molecule has 3 rings (SSSR count). The Bertz CT molecular complexity index is 639. The summed E-state index contributed by atoms with van der Waals surface area (Å²) in [6.07, 6.45) is 4.12. The van der Waals surface area contributed by atoms with Crippen molar-refractivity contribution in [1.29, 1.82) is 0 Å². The molecule has 0 aliphatic carbocycles. The van der Waals surface area contributed by atoms with Crippen molar-refractivity contribution in [2.24, 2.45) is 0 Å². The van der Waals surface area contributed by atoms with E-state index in [4.69, 9.17) is 4.52 Å². The maximum Gasteiger partial charge on any atom is 0.231 e. The summed E-state index contributed by atoms with van der Waals surface area (Å²) >= 11 is 0. The lowest BCUT2D eigenvalue weighted by Gasteiger charge is -2.31. The molecule has 23 heavy (non-hydrogen) atoms. The van der Waals surface area contributed by atoms with Gasteiger partial charge in [0.2, 0.25) is 11.8 Å². The van der Waals surface area contributed by atoms with Crippen LogP contribution in [-0.4, -0.2) is 34.0 Å². The second-order valence-corrected chi connectivity index (χ2v) is 6.07. The van der Waals surface area contributed by atoms with Gasteiger partial charge < -0.3 is 9.42 Å². The third-order valence-corrected chi connectivity index (χ3v) is 4.39. The summed E-state index contributed by atoms with van der Waals surface area (Å²) in [4.78, 5) is 18.5. The lowest BCUT2D eigenvalue weighted by molar-refractivity contribution is -0.134. The van der Waals surface area contributed by atoms with Gasteiger partial charge in [0.15, 0.2) is 5.82 Å². The number of likely N-dealkylation sites (tertiary alicyclic amines) is 1. The van der Waals surface area contributed by atoms with Gasteiger partial charge in [0.25, 0.3) is 0 Å². The molecule has 1 aromatic carbocycles. The highest BCUT2D eigenvalue weighted by atomic mass is 16.5. The van der Waals surface area contributed by atoms with Gasteiger partial charge in [-0.05, 0) is 24.8 Å². The van der Waals surface area contributed by atoms with E-state index in [0.717, 1.165) is 38.1 Å². The van der Waals surface area contributed by atoms with Crippen LogP contribution in [0.2, 0.25) is 0 Å². The average Bonchev–Trinajstić information content (AvgIpc) is 3.07. The van der Waals surface area contributed by atoms with E-state index < -0.39 is 0 Å². The molecule has 0 radical (unpaired) electrons. The minimum absolute atomic E-state index is 0.178. The summed E-state index contributed by atoms with van der Waals surface area (Å²) in [6.45, 7) is 3.49. The number of aromatic nitrogens is 2. The minimum atomic E-state index is 0.178. The number of hydrogen-bond acceptors (Lipinski definition) is 4. The molecule has 1 aromatic heterocycles. The lowest BCUT2D eigenvalue weighted by Crippen LogP contribution is -2.39. The van der Waals surface area contributed by atoms with Gasteiger partial charge in [0, 0.05) is 25.9 Å². The van der Waals surface area contributed by atoms with Crippen molar-refractivity contribution in [2.75, 3.05) is 13.1 Å². The standard InChI is InChI=1S/C18H23N3O2/c1-2-16-19-18(23-20-16)15-10-11-17(22)21(13-15)12-6-9-14-7-4-3-5-8-14/h3-5,7-8,15H,2,6,9-13H2,1H3/t15-/m0/s1. The number of hydrogen-bond donors (Lipinski definition) is 0. The first-order valence-corrected chi connectivity index (χ1v) is 8.40. The largest absolute Gasteiger partial charge is 0.342 e. The van der Waals surface area contributed by atoms with Crippen molar-refractivity contribution >= 4 is 5.91 Å². The molecule has 0 unspecified atom stereocenters. The summed E-state index contributed by atoms with van der Waals surface area (Å²) < 4.78 is 5.35. The molecule has 0 N–H and O–H groups in total. The van der Waals surface area contributed by atoms with Crippen LogP contribution < -0.4 is 0 Å². The molecule has 0 bridgehead atoms. The Hall–Kier alpha value is -2.17. The van der Waals surface area contributed by atoms with Crippen molar-refractivity contribution in [3.8, 4) is 0 Å². The molecule has 1 aliphatic heterocycles. The number of carbonyl (C=O) groups excluding carboxylic acids is 1. The molecular weight excluding hydrogens is 290 g/mol. The van der Waals surface area contributed by atoms with Gasteiger partial charge in [-0.25, -0.2) is 0 Å². The van der Waals surface area contributed by atoms with E-state index >= 15 is 0 Å². The Labute approximate surface area is 136 Å². The molecule has 122 valence electrons. The van der Waals surface area contributed by atoms with Crippen LogP contribution in [0.25, 0.3) is 0 Å². The molecule has 1 amide bonds. The summed E-state index contributed by atoms with van der Waals surface area (Å²) in [7, 11) is 0. The summed E-state index contributed by atoms with van der Waals surface area (Å²) in [5.41, 5.74) is 1.32. The van der Waals surface area contributed by atoms with E-state index in [9.17, 15) is 4.79 Å². The Morgan fingerprint density at radius 2 is 2.13 bits per heavy atom. The highest BCUT2D eigenvalue weighted by Gasteiger charge is 2.29. The van der Waals surface area contributed by atoms with Gasteiger partial charge in [-0.3, -0.25) is 4.79 Å². The average molecular weight is 313 g/mol. The van der Waals surface area contributed by atoms with Gasteiger partial charge in [0.1, 0.15) is 0 Å². The maximum atomic E-state index is 12.1. The zero-order valence-electron chi connectivity index (χ0n) is 13.6. The van der Waals surface area contributed by atoms with Gasteiger partial charge in [-0.15, -0.1) is 0 Å². The van der Waals surface area contributed by atoms with Gasteiger partial charge in [-0.2, -0.15) is 4.98 Å². The zero-order valence-corrected chi connectivity index (χ0v) is 13.6. The fourth-order valence-corrected chi connectivity index (χ4v) is 3.03. The molecule has 2 heterocycles. The number of aryl methyl sites for hydroxylation is 2. The van der Waals surface area contributed by atoms with Crippen LogP contribution in [0.5, 0.6) is 0 Å². The monoisotopic (exact) mass is 313 g/mol. The van der Waals surface area contributed by atoms with Crippen LogP contribution in [0.1, 0.15) is 49.4 Å². The Morgan fingerprint density at radius 3 is 2.87 bits per heavy atom. The Morgan fingerprint density at radius 1 is 1.30 bits per heavy atom. The molecule has 1 fully saturated rings. The van der Waals surface area contributed by atoms with Crippen LogP contribution in [-0.2, 0) is 17.6 Å². The van der Waals surface area contributed by atoms with Crippen LogP contribution in [0.15, 0.2) is 34.9 Å². The molecular formula is C18H23N3O2. The van der Waals surface area contributed by atoms with Crippen molar-refractivity contribution < 1.29 is 9.32 Å². The molecule has 5 nitrogen and oxygen atoms in total. The smallest absolute Gasteiger partial charge is 0.231 e. The van der Waals surface area contributed by atoms with E-state index in [1.165, 1.54) is 5.56 Å². The van der Waals surface area contributed by atoms with Crippen molar-refractivity contribution in [3.63, 3.8) is 0 Å². The normalized spacial score (nSPS) is 18.4. The van der Waals surface area contributed by atoms with Gasteiger partial charge in [-0.1, -0.05) is 42.4 Å². The Kier molecular flexibility index (Phi) is 5.05. The van der Waals surface area contributed by atoms with Crippen molar-refractivity contribution in [1.82, 2.24) is 15.0 Å². The van der Waals surface area contributed by atoms with Gasteiger partial charge in [0.05, 0.1) is 5.92 Å². The second-order valence-electron chi connectivity index (χ2n) is 6.07. The SMILES string of the molecule is CCc1noc([C@H]2CCC(=O)N(CCCc3ccccc3)C2)n1. The van der Waals surface area contributed by atoms with Crippen molar-refractivity contribution in [3.05, 3.63) is 47.6 Å². The molecule has 2 aromatic rings. The third kappa shape index (κ3) is 3.97. The molecule has 1 aliphatic rings. The maximum absolute atomic E-state index is 12.1. The summed E-state index contributed by atoms with van der Waals surface area (Å²) in [5, 5.41) is 3.97. The van der Waals surface area contributed by atoms with Crippen LogP contribution in [0.3, 0.4) is 0 Å². The topological polar surface area (TPSA) is 59.2 Å². The minimum Gasteiger partial charge on any atom is -0.342 e. The van der Waals surface area contributed by atoms with E-state index in [1.54, 1.807) is 0 Å². The molecule has 5 heteroatoms. The number of rotatable bonds is 6. The van der Waals surface area contributed by atoms with E-state index in [-0.39, 0.29) is 11.8 Å². The number of carbonyl (C=O) groups is 1. The third-order valence-electron chi connectivity index (χ3n) is 4.39. The molecule has 1 saturated heterocycles. The first-order chi connectivity index (χ1) is 11.3. The van der Waals surface area contributed by atoms with Crippen LogP contribution >= 0.6 is 0 Å². The number of benzene rings is 1. The first kappa shape index (κ1) is 15.7. The highest BCUT2D eigenvalue weighted by Crippen LogP contribution is 2.26. The predicted octanol–water partition coefficient (Wildman–Crippen LogP) is 2.97. The van der Waals surface area contributed by atoms with E-state index in [1.807, 2.05) is 17.9 Å². The quantitative estimate of drug-likeness (QED) is 0.822. The molecule has 1 atom stereocenters. The van der Waals surface area contributed by atoms with Crippen molar-refractivity contribution in [2.45, 2.75) is 44.9 Å². The Balaban J connectivity index is 1.54. The van der Waals surface area contributed by atoms with E-state index in [2.05, 4.69) is 34.4 Å². The summed E-state index contributed by atoms with van der Waals surface area (Å²) in [5.74, 6) is 1.84. The summed E-state index contributed by atoms with van der Waals surface area (Å²) in [6, 6.07) is 10.4. The highest BCUT2D eigenvalue weighted by molar-refractivity contribution is 5.77. The molecule has 0 saturated carbocycles. The number of nitrogens with zero attached hydrogens (tertiary/aromatic N) is 3. The number of amides is 1. The zero-order chi connectivity index (χ0) is 16.1.